The zero-order valence-electron chi connectivity index (χ0n) is 16.8. The van der Waals surface area contributed by atoms with Crippen LogP contribution in [-0.2, 0) is 16.4 Å². The van der Waals surface area contributed by atoms with Gasteiger partial charge >= 0.3 is 0 Å². The van der Waals surface area contributed by atoms with Crippen LogP contribution in [0.4, 0.5) is 5.13 Å². The number of hydrogen-bond donors (Lipinski definition) is 0. The second kappa shape index (κ2) is 8.45. The van der Waals surface area contributed by atoms with Crippen molar-refractivity contribution >= 4 is 54.0 Å². The molecule has 9 heteroatoms. The molecule has 160 valence electrons. The van der Waals surface area contributed by atoms with Crippen LogP contribution in [0, 0.1) is 6.92 Å². The number of fused-ring (bicyclic) bond motifs is 1. The Kier molecular flexibility index (Phi) is 5.88. The molecule has 4 aromatic rings. The van der Waals surface area contributed by atoms with Gasteiger partial charge in [-0.05, 0) is 48.9 Å². The van der Waals surface area contributed by atoms with Crippen LogP contribution in [0.5, 0.6) is 0 Å². The minimum absolute atomic E-state index is 0.0452. The van der Waals surface area contributed by atoms with Crippen molar-refractivity contribution in [3.63, 3.8) is 0 Å². The molecule has 2 aromatic carbocycles. The fourth-order valence-corrected chi connectivity index (χ4v) is 5.38. The average molecular weight is 475 g/mol. The second-order valence-electron chi connectivity index (χ2n) is 6.94. The average Bonchev–Trinajstić information content (AvgIpc) is 3.45. The lowest BCUT2D eigenvalue weighted by atomic mass is 10.2. The highest BCUT2D eigenvalue weighted by Crippen LogP contribution is 2.36. The van der Waals surface area contributed by atoms with E-state index in [0.29, 0.717) is 15.9 Å². The molecule has 6 nitrogen and oxygen atoms in total. The number of carbonyl (C=O) groups is 1. The SMILES string of the molecule is CCS(=O)(=O)c1cccc(C(=O)N(Cc2ccco2)c2nc3c(C)ccc(Cl)c3s2)c1. The molecule has 0 radical (unpaired) electrons. The molecule has 0 fully saturated rings. The highest BCUT2D eigenvalue weighted by molar-refractivity contribution is 7.91. The van der Waals surface area contributed by atoms with Gasteiger partial charge in [-0.15, -0.1) is 0 Å². The molecule has 0 aliphatic heterocycles. The Morgan fingerprint density at radius 2 is 2.00 bits per heavy atom. The van der Waals surface area contributed by atoms with E-state index in [1.165, 1.54) is 34.6 Å². The summed E-state index contributed by atoms with van der Waals surface area (Å²) in [6.07, 6.45) is 1.53. The molecule has 0 aliphatic rings. The predicted molar refractivity (Wildman–Crippen MR) is 123 cm³/mol. The maximum atomic E-state index is 13.5. The molecule has 2 heterocycles. The molecule has 0 unspecified atom stereocenters. The van der Waals surface area contributed by atoms with E-state index in [2.05, 4.69) is 4.98 Å². The number of hydrogen-bond acceptors (Lipinski definition) is 6. The van der Waals surface area contributed by atoms with Gasteiger partial charge < -0.3 is 4.42 Å². The quantitative estimate of drug-likeness (QED) is 0.369. The maximum Gasteiger partial charge on any atom is 0.260 e. The zero-order valence-corrected chi connectivity index (χ0v) is 19.2. The number of furan rings is 1. The summed E-state index contributed by atoms with van der Waals surface area (Å²) in [7, 11) is -3.45. The highest BCUT2D eigenvalue weighted by Gasteiger charge is 2.25. The Hall–Kier alpha value is -2.68. The molecule has 31 heavy (non-hydrogen) atoms. The van der Waals surface area contributed by atoms with Crippen molar-refractivity contribution in [2.75, 3.05) is 10.7 Å². The van der Waals surface area contributed by atoms with Crippen LogP contribution in [-0.4, -0.2) is 25.1 Å². The molecule has 1 amide bonds. The molecule has 4 rings (SSSR count). The van der Waals surface area contributed by atoms with Crippen LogP contribution >= 0.6 is 22.9 Å². The minimum atomic E-state index is -3.45. The minimum Gasteiger partial charge on any atom is -0.467 e. The molecule has 0 aliphatic carbocycles. The summed E-state index contributed by atoms with van der Waals surface area (Å²) in [5.74, 6) is 0.154. The lowest BCUT2D eigenvalue weighted by molar-refractivity contribution is 0.0983. The third-order valence-electron chi connectivity index (χ3n) is 4.88. The zero-order chi connectivity index (χ0) is 22.2. The van der Waals surface area contributed by atoms with Crippen molar-refractivity contribution in [2.24, 2.45) is 0 Å². The second-order valence-corrected chi connectivity index (χ2v) is 10.6. The number of rotatable bonds is 6. The van der Waals surface area contributed by atoms with Crippen molar-refractivity contribution in [1.29, 1.82) is 0 Å². The molecule has 0 saturated carbocycles. The van der Waals surface area contributed by atoms with E-state index in [-0.39, 0.29) is 28.7 Å². The van der Waals surface area contributed by atoms with Crippen molar-refractivity contribution < 1.29 is 17.6 Å². The molecule has 2 aromatic heterocycles. The van der Waals surface area contributed by atoms with Crippen LogP contribution in [0.3, 0.4) is 0 Å². The maximum absolute atomic E-state index is 13.5. The van der Waals surface area contributed by atoms with Gasteiger partial charge in [-0.3, -0.25) is 9.69 Å². The van der Waals surface area contributed by atoms with E-state index in [4.69, 9.17) is 16.0 Å². The highest BCUT2D eigenvalue weighted by atomic mass is 35.5. The fraction of sp³-hybridized carbons (Fsp3) is 0.182. The first-order chi connectivity index (χ1) is 14.8. The number of amides is 1. The monoisotopic (exact) mass is 474 g/mol. The van der Waals surface area contributed by atoms with Gasteiger partial charge in [-0.2, -0.15) is 0 Å². The molecule has 0 saturated heterocycles. The van der Waals surface area contributed by atoms with Gasteiger partial charge in [0.1, 0.15) is 5.76 Å². The smallest absolute Gasteiger partial charge is 0.260 e. The molecular weight excluding hydrogens is 456 g/mol. The standard InChI is InChI=1S/C22H19ClN2O4S2/c1-3-31(27,28)17-8-4-6-15(12-17)21(26)25(13-16-7-5-11-29-16)22-24-19-14(2)9-10-18(23)20(19)30-22/h4-12H,3,13H2,1-2H3. The summed E-state index contributed by atoms with van der Waals surface area (Å²) in [6, 6.07) is 13.3. The van der Waals surface area contributed by atoms with Gasteiger partial charge in [-0.25, -0.2) is 13.4 Å². The Morgan fingerprint density at radius 3 is 2.68 bits per heavy atom. The molecule has 0 bridgehead atoms. The van der Waals surface area contributed by atoms with E-state index in [0.717, 1.165) is 15.8 Å². The Bertz CT molecular complexity index is 1320. The van der Waals surface area contributed by atoms with E-state index >= 15 is 0 Å². The summed E-state index contributed by atoms with van der Waals surface area (Å²) >= 11 is 7.66. The van der Waals surface area contributed by atoms with Crippen LogP contribution in [0.1, 0.15) is 28.6 Å². The van der Waals surface area contributed by atoms with Gasteiger partial charge in [0, 0.05) is 5.56 Å². The fourth-order valence-electron chi connectivity index (χ4n) is 3.14. The number of anilines is 1. The van der Waals surface area contributed by atoms with E-state index in [9.17, 15) is 13.2 Å². The summed E-state index contributed by atoms with van der Waals surface area (Å²) < 4.78 is 30.8. The third kappa shape index (κ3) is 4.23. The largest absolute Gasteiger partial charge is 0.467 e. The van der Waals surface area contributed by atoms with Gasteiger partial charge in [0.2, 0.25) is 0 Å². The topological polar surface area (TPSA) is 80.5 Å². The molecule has 0 spiro atoms. The lowest BCUT2D eigenvalue weighted by Crippen LogP contribution is -2.30. The van der Waals surface area contributed by atoms with Crippen LogP contribution in [0.15, 0.2) is 64.1 Å². The number of sulfone groups is 1. The normalized spacial score (nSPS) is 11.7. The van der Waals surface area contributed by atoms with Gasteiger partial charge in [0.25, 0.3) is 5.91 Å². The van der Waals surface area contributed by atoms with Crippen LogP contribution < -0.4 is 4.90 Å². The molecule has 0 N–H and O–H groups in total. The van der Waals surface area contributed by atoms with Crippen molar-refractivity contribution in [3.05, 3.63) is 76.7 Å². The van der Waals surface area contributed by atoms with Crippen molar-refractivity contribution in [1.82, 2.24) is 4.98 Å². The number of halogens is 1. The van der Waals surface area contributed by atoms with E-state index in [1.54, 1.807) is 37.3 Å². The summed E-state index contributed by atoms with van der Waals surface area (Å²) in [4.78, 5) is 19.8. The van der Waals surface area contributed by atoms with Gasteiger partial charge in [0.15, 0.2) is 15.0 Å². The summed E-state index contributed by atoms with van der Waals surface area (Å²) in [5, 5.41) is 1.02. The van der Waals surface area contributed by atoms with Gasteiger partial charge in [-0.1, -0.05) is 42.0 Å². The third-order valence-corrected chi connectivity index (χ3v) is 8.15. The number of thiazole rings is 1. The summed E-state index contributed by atoms with van der Waals surface area (Å²) in [5.41, 5.74) is 1.93. The first-order valence-electron chi connectivity index (χ1n) is 9.53. The Labute approximate surface area is 189 Å². The number of benzene rings is 2. The summed E-state index contributed by atoms with van der Waals surface area (Å²) in [6.45, 7) is 3.65. The first-order valence-corrected chi connectivity index (χ1v) is 12.4. The van der Waals surface area contributed by atoms with Gasteiger partial charge in [0.05, 0.1) is 38.7 Å². The number of aromatic nitrogens is 1. The predicted octanol–water partition coefficient (Wildman–Crippen LogP) is 5.49. The molecular formula is C22H19ClN2O4S2. The van der Waals surface area contributed by atoms with Crippen molar-refractivity contribution in [3.8, 4) is 0 Å². The number of aryl methyl sites for hydroxylation is 1. The Balaban J connectivity index is 1.81. The first kappa shape index (κ1) is 21.5. The van der Waals surface area contributed by atoms with Crippen molar-refractivity contribution in [2.45, 2.75) is 25.3 Å². The molecule has 0 atom stereocenters. The van der Waals surface area contributed by atoms with Crippen LogP contribution in [0.25, 0.3) is 10.2 Å². The number of nitrogens with zero attached hydrogens (tertiary/aromatic N) is 2. The van der Waals surface area contributed by atoms with E-state index < -0.39 is 9.84 Å². The lowest BCUT2D eigenvalue weighted by Gasteiger charge is -2.19. The van der Waals surface area contributed by atoms with E-state index in [1.807, 2.05) is 13.0 Å². The van der Waals surface area contributed by atoms with Crippen LogP contribution in [0.2, 0.25) is 5.02 Å². The number of carbonyl (C=O) groups excluding carboxylic acids is 1. The Morgan fingerprint density at radius 1 is 1.19 bits per heavy atom.